The predicted molar refractivity (Wildman–Crippen MR) is 67.3 cm³/mol. The number of rotatable bonds is 5. The molecule has 1 heterocycles. The average molecular weight is 248 g/mol. The van der Waals surface area contributed by atoms with Crippen LogP contribution in [0.25, 0.3) is 0 Å². The van der Waals surface area contributed by atoms with Crippen molar-refractivity contribution >= 4 is 0 Å². The zero-order chi connectivity index (χ0) is 13.0. The van der Waals surface area contributed by atoms with Gasteiger partial charge in [0.25, 0.3) is 0 Å². The fourth-order valence-electron chi connectivity index (χ4n) is 1.80. The van der Waals surface area contributed by atoms with E-state index in [0.717, 1.165) is 11.4 Å². The standard InChI is InChI=1S/C12H16N4O2/c1-17-9-4-3-8(7-10(9)18-2)11(16-13)12-14-5-6-15-12/h3-7,11,16H,13H2,1-2H3,(H,14,15). The lowest BCUT2D eigenvalue weighted by Gasteiger charge is -2.16. The van der Waals surface area contributed by atoms with Crippen LogP contribution in [0.3, 0.4) is 0 Å². The number of hydrogen-bond acceptors (Lipinski definition) is 5. The van der Waals surface area contributed by atoms with Gasteiger partial charge in [-0.05, 0) is 17.7 Å². The molecule has 2 aromatic rings. The molecule has 0 saturated heterocycles. The van der Waals surface area contributed by atoms with Gasteiger partial charge in [-0.25, -0.2) is 10.4 Å². The van der Waals surface area contributed by atoms with Crippen LogP contribution >= 0.6 is 0 Å². The minimum Gasteiger partial charge on any atom is -0.493 e. The first kappa shape index (κ1) is 12.4. The number of hydrazine groups is 1. The lowest BCUT2D eigenvalue weighted by Crippen LogP contribution is -2.29. The zero-order valence-electron chi connectivity index (χ0n) is 10.3. The molecular formula is C12H16N4O2. The van der Waals surface area contributed by atoms with E-state index in [9.17, 15) is 0 Å². The first-order valence-corrected chi connectivity index (χ1v) is 5.47. The van der Waals surface area contributed by atoms with Crippen molar-refractivity contribution in [3.05, 3.63) is 42.0 Å². The van der Waals surface area contributed by atoms with Gasteiger partial charge in [0, 0.05) is 12.4 Å². The number of aromatic amines is 1. The molecule has 1 atom stereocenters. The van der Waals surface area contributed by atoms with Crippen LogP contribution in [-0.4, -0.2) is 24.2 Å². The largest absolute Gasteiger partial charge is 0.493 e. The van der Waals surface area contributed by atoms with Crippen molar-refractivity contribution in [1.29, 1.82) is 0 Å². The monoisotopic (exact) mass is 248 g/mol. The van der Waals surface area contributed by atoms with Crippen LogP contribution in [0.2, 0.25) is 0 Å². The molecule has 0 saturated carbocycles. The highest BCUT2D eigenvalue weighted by molar-refractivity contribution is 5.44. The van der Waals surface area contributed by atoms with Crippen molar-refractivity contribution in [2.75, 3.05) is 14.2 Å². The lowest BCUT2D eigenvalue weighted by molar-refractivity contribution is 0.354. The molecule has 18 heavy (non-hydrogen) atoms. The van der Waals surface area contributed by atoms with Gasteiger partial charge >= 0.3 is 0 Å². The van der Waals surface area contributed by atoms with E-state index in [1.54, 1.807) is 26.6 Å². The summed E-state index contributed by atoms with van der Waals surface area (Å²) in [7, 11) is 3.20. The molecule has 0 spiro atoms. The van der Waals surface area contributed by atoms with E-state index in [1.807, 2.05) is 18.2 Å². The van der Waals surface area contributed by atoms with Crippen LogP contribution in [0.5, 0.6) is 11.5 Å². The summed E-state index contributed by atoms with van der Waals surface area (Å²) in [4.78, 5) is 7.22. The molecule has 0 bridgehead atoms. The van der Waals surface area contributed by atoms with Crippen LogP contribution in [0.15, 0.2) is 30.6 Å². The van der Waals surface area contributed by atoms with Gasteiger partial charge in [0.1, 0.15) is 11.9 Å². The molecule has 1 aromatic heterocycles. The number of benzene rings is 1. The Kier molecular flexibility index (Phi) is 3.81. The van der Waals surface area contributed by atoms with Gasteiger partial charge in [0.15, 0.2) is 11.5 Å². The number of ether oxygens (including phenoxy) is 2. The molecule has 4 N–H and O–H groups in total. The van der Waals surface area contributed by atoms with Gasteiger partial charge in [0.2, 0.25) is 0 Å². The highest BCUT2D eigenvalue weighted by Gasteiger charge is 2.16. The highest BCUT2D eigenvalue weighted by Crippen LogP contribution is 2.31. The predicted octanol–water partition coefficient (Wildman–Crippen LogP) is 0.980. The Morgan fingerprint density at radius 1 is 1.28 bits per heavy atom. The molecule has 0 aliphatic rings. The summed E-state index contributed by atoms with van der Waals surface area (Å²) in [5, 5.41) is 0. The number of nitrogens with one attached hydrogen (secondary N) is 2. The van der Waals surface area contributed by atoms with Gasteiger partial charge in [-0.15, -0.1) is 0 Å². The van der Waals surface area contributed by atoms with Crippen molar-refractivity contribution in [2.45, 2.75) is 6.04 Å². The summed E-state index contributed by atoms with van der Waals surface area (Å²) in [6, 6.07) is 5.39. The maximum absolute atomic E-state index is 5.58. The van der Waals surface area contributed by atoms with Crippen molar-refractivity contribution in [1.82, 2.24) is 15.4 Å². The van der Waals surface area contributed by atoms with Crippen molar-refractivity contribution in [2.24, 2.45) is 5.84 Å². The molecule has 0 aliphatic carbocycles. The Morgan fingerprint density at radius 2 is 2.06 bits per heavy atom. The minimum atomic E-state index is -0.222. The third kappa shape index (κ3) is 2.29. The maximum Gasteiger partial charge on any atom is 0.161 e. The second-order valence-corrected chi connectivity index (χ2v) is 3.69. The fraction of sp³-hybridized carbons (Fsp3) is 0.250. The molecule has 0 aliphatic heterocycles. The van der Waals surface area contributed by atoms with Crippen LogP contribution < -0.4 is 20.7 Å². The third-order valence-electron chi connectivity index (χ3n) is 2.70. The summed E-state index contributed by atoms with van der Waals surface area (Å²) in [5.41, 5.74) is 3.65. The van der Waals surface area contributed by atoms with E-state index in [-0.39, 0.29) is 6.04 Å². The Labute approximate surface area is 105 Å². The molecule has 6 nitrogen and oxygen atoms in total. The molecule has 1 aromatic carbocycles. The smallest absolute Gasteiger partial charge is 0.161 e. The van der Waals surface area contributed by atoms with E-state index in [2.05, 4.69) is 15.4 Å². The molecule has 6 heteroatoms. The zero-order valence-corrected chi connectivity index (χ0v) is 10.3. The fourth-order valence-corrected chi connectivity index (χ4v) is 1.80. The number of H-pyrrole nitrogens is 1. The summed E-state index contributed by atoms with van der Waals surface area (Å²) in [6.07, 6.45) is 3.43. The lowest BCUT2D eigenvalue weighted by atomic mass is 10.1. The maximum atomic E-state index is 5.58. The third-order valence-corrected chi connectivity index (χ3v) is 2.70. The Hall–Kier alpha value is -2.05. The van der Waals surface area contributed by atoms with Crippen molar-refractivity contribution < 1.29 is 9.47 Å². The highest BCUT2D eigenvalue weighted by atomic mass is 16.5. The molecule has 0 radical (unpaired) electrons. The van der Waals surface area contributed by atoms with Crippen molar-refractivity contribution in [3.8, 4) is 11.5 Å². The number of nitrogens with two attached hydrogens (primary N) is 1. The van der Waals surface area contributed by atoms with E-state index in [0.29, 0.717) is 11.5 Å². The van der Waals surface area contributed by atoms with Gasteiger partial charge in [-0.2, -0.15) is 0 Å². The molecule has 0 fully saturated rings. The van der Waals surface area contributed by atoms with Crippen LogP contribution in [-0.2, 0) is 0 Å². The second-order valence-electron chi connectivity index (χ2n) is 3.69. The average Bonchev–Trinajstić information content (AvgIpc) is 2.93. The summed E-state index contributed by atoms with van der Waals surface area (Å²) in [6.45, 7) is 0. The number of nitrogens with zero attached hydrogens (tertiary/aromatic N) is 1. The Morgan fingerprint density at radius 3 is 2.61 bits per heavy atom. The van der Waals surface area contributed by atoms with Gasteiger partial charge in [0.05, 0.1) is 14.2 Å². The molecule has 2 rings (SSSR count). The van der Waals surface area contributed by atoms with Gasteiger partial charge < -0.3 is 14.5 Å². The Bertz CT molecular complexity index is 499. The van der Waals surface area contributed by atoms with E-state index in [4.69, 9.17) is 15.3 Å². The minimum absolute atomic E-state index is 0.222. The molecule has 0 amide bonds. The summed E-state index contributed by atoms with van der Waals surface area (Å²) in [5.74, 6) is 7.65. The normalized spacial score (nSPS) is 12.2. The summed E-state index contributed by atoms with van der Waals surface area (Å²) >= 11 is 0. The number of methoxy groups -OCH3 is 2. The SMILES string of the molecule is COc1ccc(C(NN)c2ncc[nH]2)cc1OC. The number of aromatic nitrogens is 2. The van der Waals surface area contributed by atoms with E-state index >= 15 is 0 Å². The van der Waals surface area contributed by atoms with Crippen LogP contribution in [0.1, 0.15) is 17.4 Å². The number of imidazole rings is 1. The van der Waals surface area contributed by atoms with E-state index in [1.165, 1.54) is 0 Å². The quantitative estimate of drug-likeness (QED) is 0.542. The van der Waals surface area contributed by atoms with Gasteiger partial charge in [-0.3, -0.25) is 5.84 Å². The van der Waals surface area contributed by atoms with Crippen LogP contribution in [0, 0.1) is 0 Å². The Balaban J connectivity index is 2.37. The second kappa shape index (κ2) is 5.52. The first-order valence-electron chi connectivity index (χ1n) is 5.47. The summed E-state index contributed by atoms with van der Waals surface area (Å²) < 4.78 is 10.5. The first-order chi connectivity index (χ1) is 8.80. The van der Waals surface area contributed by atoms with E-state index < -0.39 is 0 Å². The van der Waals surface area contributed by atoms with Crippen molar-refractivity contribution in [3.63, 3.8) is 0 Å². The van der Waals surface area contributed by atoms with Crippen LogP contribution in [0.4, 0.5) is 0 Å². The number of hydrogen-bond donors (Lipinski definition) is 3. The molecule has 96 valence electrons. The molecular weight excluding hydrogens is 232 g/mol. The molecule has 1 unspecified atom stereocenters. The topological polar surface area (TPSA) is 85.2 Å². The van der Waals surface area contributed by atoms with Gasteiger partial charge in [-0.1, -0.05) is 6.07 Å².